The average molecular weight is 371 g/mol. The van der Waals surface area contributed by atoms with Crippen LogP contribution < -0.4 is 0 Å². The van der Waals surface area contributed by atoms with Crippen molar-refractivity contribution in [2.24, 2.45) is 5.92 Å². The smallest absolute Gasteiger partial charge is 0.226 e. The number of likely N-dealkylation sites (tertiary alicyclic amines) is 1. The Morgan fingerprint density at radius 2 is 2.07 bits per heavy atom. The fourth-order valence-electron chi connectivity index (χ4n) is 4.34. The number of fused-ring (bicyclic) bond motifs is 1. The minimum Gasteiger partial charge on any atom is -0.343 e. The van der Waals surface area contributed by atoms with E-state index >= 15 is 0 Å². The zero-order valence-electron chi connectivity index (χ0n) is 17.3. The first-order chi connectivity index (χ1) is 13.0. The molecular formula is C22H34N4O. The maximum absolute atomic E-state index is 12.9. The Kier molecular flexibility index (Phi) is 6.53. The topological polar surface area (TPSA) is 41.4 Å². The summed E-state index contributed by atoms with van der Waals surface area (Å²) in [6.45, 7) is 13.0. The second kappa shape index (κ2) is 8.87. The summed E-state index contributed by atoms with van der Waals surface area (Å²) >= 11 is 0. The van der Waals surface area contributed by atoms with Gasteiger partial charge in [-0.3, -0.25) is 9.69 Å². The molecule has 1 aliphatic rings. The fraction of sp³-hybridized carbons (Fsp3) is 0.636. The van der Waals surface area contributed by atoms with Crippen molar-refractivity contribution in [3.05, 3.63) is 30.1 Å². The highest BCUT2D eigenvalue weighted by molar-refractivity contribution is 5.79. The molecule has 1 atom stereocenters. The largest absolute Gasteiger partial charge is 0.343 e. The summed E-state index contributed by atoms with van der Waals surface area (Å²) in [5.41, 5.74) is 2.26. The normalized spacial score (nSPS) is 18.3. The molecule has 0 bridgehead atoms. The molecule has 1 fully saturated rings. The Bertz CT molecular complexity index is 767. The summed E-state index contributed by atoms with van der Waals surface area (Å²) in [6.07, 6.45) is 3.12. The summed E-state index contributed by atoms with van der Waals surface area (Å²) in [6, 6.07) is 8.74. The number of hydrogen-bond acceptors (Lipinski definition) is 3. The summed E-state index contributed by atoms with van der Waals surface area (Å²) in [7, 11) is 0. The van der Waals surface area contributed by atoms with Gasteiger partial charge >= 0.3 is 0 Å². The maximum Gasteiger partial charge on any atom is 0.226 e. The van der Waals surface area contributed by atoms with Crippen molar-refractivity contribution in [3.8, 4) is 0 Å². The number of amides is 1. The van der Waals surface area contributed by atoms with E-state index in [0.29, 0.717) is 11.9 Å². The SMILES string of the molecule is CCCN(CC)C(=O)[C@H]1CCCN(Cc2nc3ccccc3n2C(C)C)C1. The number of carbonyl (C=O) groups excluding carboxylic acids is 1. The minimum absolute atomic E-state index is 0.127. The molecule has 0 N–H and O–H groups in total. The Labute approximate surface area is 163 Å². The molecule has 148 valence electrons. The van der Waals surface area contributed by atoms with Gasteiger partial charge in [0.2, 0.25) is 5.91 Å². The number of benzene rings is 1. The van der Waals surface area contributed by atoms with Crippen molar-refractivity contribution >= 4 is 16.9 Å². The van der Waals surface area contributed by atoms with Crippen LogP contribution in [-0.4, -0.2) is 51.4 Å². The van der Waals surface area contributed by atoms with E-state index in [0.717, 1.165) is 63.3 Å². The van der Waals surface area contributed by atoms with Crippen LogP contribution in [0.25, 0.3) is 11.0 Å². The predicted octanol–water partition coefficient (Wildman–Crippen LogP) is 4.09. The van der Waals surface area contributed by atoms with Crippen LogP contribution in [0, 0.1) is 5.92 Å². The van der Waals surface area contributed by atoms with Gasteiger partial charge in [-0.25, -0.2) is 4.98 Å². The third kappa shape index (κ3) is 4.34. The standard InChI is InChI=1S/C22H34N4O/c1-5-13-25(6-2)22(27)18-10-9-14-24(15-18)16-21-23-19-11-7-8-12-20(19)26(21)17(3)4/h7-8,11-12,17-18H,5-6,9-10,13-16H2,1-4H3/t18-/m0/s1. The number of hydrogen-bond donors (Lipinski definition) is 0. The van der Waals surface area contributed by atoms with Gasteiger partial charge in [0.15, 0.2) is 0 Å². The lowest BCUT2D eigenvalue weighted by Crippen LogP contribution is -2.45. The number of imidazole rings is 1. The molecule has 0 unspecified atom stereocenters. The van der Waals surface area contributed by atoms with Crippen LogP contribution in [0.2, 0.25) is 0 Å². The van der Waals surface area contributed by atoms with E-state index in [1.807, 2.05) is 11.0 Å². The van der Waals surface area contributed by atoms with Crippen LogP contribution in [0.3, 0.4) is 0 Å². The van der Waals surface area contributed by atoms with E-state index in [4.69, 9.17) is 4.98 Å². The van der Waals surface area contributed by atoms with E-state index < -0.39 is 0 Å². The van der Waals surface area contributed by atoms with Gasteiger partial charge in [0, 0.05) is 25.7 Å². The zero-order chi connectivity index (χ0) is 19.4. The molecule has 1 aromatic carbocycles. The van der Waals surface area contributed by atoms with E-state index in [1.54, 1.807) is 0 Å². The Morgan fingerprint density at radius 3 is 2.78 bits per heavy atom. The molecule has 5 heteroatoms. The second-order valence-corrected chi connectivity index (χ2v) is 7.97. The molecule has 2 heterocycles. The molecule has 1 saturated heterocycles. The van der Waals surface area contributed by atoms with Crippen molar-refractivity contribution in [2.45, 2.75) is 59.5 Å². The lowest BCUT2D eigenvalue weighted by Gasteiger charge is -2.34. The summed E-state index contributed by atoms with van der Waals surface area (Å²) < 4.78 is 2.34. The molecule has 3 rings (SSSR count). The van der Waals surface area contributed by atoms with Crippen LogP contribution in [0.1, 0.15) is 58.8 Å². The van der Waals surface area contributed by atoms with Crippen molar-refractivity contribution in [1.82, 2.24) is 19.4 Å². The molecule has 5 nitrogen and oxygen atoms in total. The van der Waals surface area contributed by atoms with Gasteiger partial charge in [-0.15, -0.1) is 0 Å². The number of rotatable bonds is 7. The van der Waals surface area contributed by atoms with Crippen molar-refractivity contribution in [1.29, 1.82) is 0 Å². The Balaban J connectivity index is 1.75. The molecule has 2 aromatic rings. The molecular weight excluding hydrogens is 336 g/mol. The lowest BCUT2D eigenvalue weighted by molar-refractivity contribution is -0.137. The number of nitrogens with zero attached hydrogens (tertiary/aromatic N) is 4. The lowest BCUT2D eigenvalue weighted by atomic mass is 9.96. The van der Waals surface area contributed by atoms with Crippen molar-refractivity contribution < 1.29 is 4.79 Å². The highest BCUT2D eigenvalue weighted by Crippen LogP contribution is 2.25. The maximum atomic E-state index is 12.9. The van der Waals surface area contributed by atoms with Gasteiger partial charge < -0.3 is 9.47 Å². The zero-order valence-corrected chi connectivity index (χ0v) is 17.3. The molecule has 0 spiro atoms. The number of carbonyl (C=O) groups is 1. The predicted molar refractivity (Wildman–Crippen MR) is 111 cm³/mol. The number of aromatic nitrogens is 2. The second-order valence-electron chi connectivity index (χ2n) is 7.97. The van der Waals surface area contributed by atoms with Gasteiger partial charge in [0.25, 0.3) is 0 Å². The highest BCUT2D eigenvalue weighted by atomic mass is 16.2. The molecule has 0 saturated carbocycles. The van der Waals surface area contributed by atoms with E-state index in [1.165, 1.54) is 5.52 Å². The quantitative estimate of drug-likeness (QED) is 0.737. The summed E-state index contributed by atoms with van der Waals surface area (Å²) in [4.78, 5) is 22.3. The monoisotopic (exact) mass is 370 g/mol. The van der Waals surface area contributed by atoms with Crippen LogP contribution in [0.4, 0.5) is 0 Å². The van der Waals surface area contributed by atoms with Gasteiger partial charge in [-0.05, 0) is 58.7 Å². The van der Waals surface area contributed by atoms with E-state index in [-0.39, 0.29) is 5.92 Å². The average Bonchev–Trinajstić information content (AvgIpc) is 3.03. The molecule has 0 aliphatic carbocycles. The summed E-state index contributed by atoms with van der Waals surface area (Å²) in [5.74, 6) is 1.57. The van der Waals surface area contributed by atoms with Gasteiger partial charge in [0.1, 0.15) is 5.82 Å². The van der Waals surface area contributed by atoms with Crippen LogP contribution in [0.5, 0.6) is 0 Å². The molecule has 1 aromatic heterocycles. The number of piperidine rings is 1. The molecule has 1 amide bonds. The van der Waals surface area contributed by atoms with Crippen LogP contribution in [0.15, 0.2) is 24.3 Å². The highest BCUT2D eigenvalue weighted by Gasteiger charge is 2.29. The van der Waals surface area contributed by atoms with Gasteiger partial charge in [0.05, 0.1) is 23.5 Å². The third-order valence-electron chi connectivity index (χ3n) is 5.59. The Morgan fingerprint density at radius 1 is 1.30 bits per heavy atom. The van der Waals surface area contributed by atoms with Gasteiger partial charge in [-0.1, -0.05) is 19.1 Å². The first-order valence-electron chi connectivity index (χ1n) is 10.5. The molecule has 0 radical (unpaired) electrons. The first kappa shape index (κ1) is 19.9. The van der Waals surface area contributed by atoms with E-state index in [2.05, 4.69) is 55.4 Å². The van der Waals surface area contributed by atoms with E-state index in [9.17, 15) is 4.79 Å². The molecule has 27 heavy (non-hydrogen) atoms. The molecule has 1 aliphatic heterocycles. The van der Waals surface area contributed by atoms with Crippen LogP contribution >= 0.6 is 0 Å². The Hall–Kier alpha value is -1.88. The summed E-state index contributed by atoms with van der Waals surface area (Å²) in [5, 5.41) is 0. The van der Waals surface area contributed by atoms with Crippen molar-refractivity contribution in [2.75, 3.05) is 26.2 Å². The fourth-order valence-corrected chi connectivity index (χ4v) is 4.34. The third-order valence-corrected chi connectivity index (χ3v) is 5.59. The van der Waals surface area contributed by atoms with Gasteiger partial charge in [-0.2, -0.15) is 0 Å². The first-order valence-corrected chi connectivity index (χ1v) is 10.5. The van der Waals surface area contributed by atoms with Crippen LogP contribution in [-0.2, 0) is 11.3 Å². The van der Waals surface area contributed by atoms with Crippen molar-refractivity contribution in [3.63, 3.8) is 0 Å². The minimum atomic E-state index is 0.127. The number of para-hydroxylation sites is 2.